The normalized spacial score (nSPS) is 12.0. The van der Waals surface area contributed by atoms with E-state index in [0.29, 0.717) is 11.1 Å². The Morgan fingerprint density at radius 2 is 1.71 bits per heavy atom. The van der Waals surface area contributed by atoms with Gasteiger partial charge in [0.25, 0.3) is 0 Å². The van der Waals surface area contributed by atoms with Crippen LogP contribution in [0.25, 0.3) is 10.8 Å². The van der Waals surface area contributed by atoms with Gasteiger partial charge in [0.15, 0.2) is 0 Å². The van der Waals surface area contributed by atoms with Gasteiger partial charge in [0.2, 0.25) is 10.0 Å². The van der Waals surface area contributed by atoms with Crippen LogP contribution in [-0.4, -0.2) is 52.3 Å². The quantitative estimate of drug-likeness (QED) is 0.726. The number of hydrogen-bond acceptors (Lipinski definition) is 4. The number of alkyl halides is 1. The van der Waals surface area contributed by atoms with Gasteiger partial charge in [-0.2, -0.15) is 16.9 Å². The standard InChI is InChI=1S/C17H23FN2O2S2/c1-19(2)16-8-3-7-15-14(16)6-4-9-17(15)24(21,22)20(12-13-23)11-5-10-18/h3-4,6-9,23H,5,10-13H2,1-2H3/i18+0. The zero-order valence-electron chi connectivity index (χ0n) is 13.9. The summed E-state index contributed by atoms with van der Waals surface area (Å²) in [5, 5.41) is 1.55. The lowest BCUT2D eigenvalue weighted by molar-refractivity contribution is 0.384. The molecule has 0 bridgehead atoms. The highest BCUT2D eigenvalue weighted by molar-refractivity contribution is 7.89. The van der Waals surface area contributed by atoms with Crippen molar-refractivity contribution in [3.8, 4) is 0 Å². The fourth-order valence-electron chi connectivity index (χ4n) is 2.72. The average molecular weight is 371 g/mol. The number of halogens is 1. The molecule has 0 aliphatic carbocycles. The second-order valence-electron chi connectivity index (χ2n) is 5.69. The van der Waals surface area contributed by atoms with Crippen molar-refractivity contribution in [3.05, 3.63) is 36.4 Å². The lowest BCUT2D eigenvalue weighted by Gasteiger charge is -2.23. The lowest BCUT2D eigenvalue weighted by atomic mass is 10.1. The van der Waals surface area contributed by atoms with E-state index in [4.69, 9.17) is 0 Å². The van der Waals surface area contributed by atoms with E-state index in [2.05, 4.69) is 12.6 Å². The van der Waals surface area contributed by atoms with Crippen molar-refractivity contribution < 1.29 is 12.8 Å². The maximum absolute atomic E-state index is 13.1. The van der Waals surface area contributed by atoms with E-state index in [9.17, 15) is 12.8 Å². The summed E-state index contributed by atoms with van der Waals surface area (Å²) >= 11 is 4.14. The topological polar surface area (TPSA) is 40.6 Å². The van der Waals surface area contributed by atoms with Crippen LogP contribution in [0.5, 0.6) is 0 Å². The van der Waals surface area contributed by atoms with Gasteiger partial charge in [-0.3, -0.25) is 4.39 Å². The van der Waals surface area contributed by atoms with Gasteiger partial charge in [-0.15, -0.1) is 0 Å². The highest BCUT2D eigenvalue weighted by atomic mass is 32.2. The molecule has 0 N–H and O–H groups in total. The molecule has 0 fully saturated rings. The Hall–Kier alpha value is -1.31. The minimum atomic E-state index is -3.71. The number of hydrogen-bond donors (Lipinski definition) is 1. The van der Waals surface area contributed by atoms with Crippen LogP contribution < -0.4 is 4.90 Å². The van der Waals surface area contributed by atoms with Crippen molar-refractivity contribution in [2.24, 2.45) is 0 Å². The van der Waals surface area contributed by atoms with Crippen LogP contribution >= 0.6 is 12.6 Å². The number of anilines is 1. The third kappa shape index (κ3) is 3.84. The van der Waals surface area contributed by atoms with E-state index in [-0.39, 0.29) is 24.4 Å². The summed E-state index contributed by atoms with van der Waals surface area (Å²) in [5.74, 6) is 0.388. The summed E-state index contributed by atoms with van der Waals surface area (Å²) in [6, 6.07) is 10.9. The smallest absolute Gasteiger partial charge is 0.243 e. The maximum atomic E-state index is 13.1. The number of sulfonamides is 1. The summed E-state index contributed by atoms with van der Waals surface area (Å²) < 4.78 is 40.0. The first-order chi connectivity index (χ1) is 11.4. The molecule has 2 rings (SSSR count). The molecule has 0 aromatic heterocycles. The largest absolute Gasteiger partial charge is 0.377 e. The molecule has 0 heterocycles. The number of benzene rings is 2. The summed E-state index contributed by atoms with van der Waals surface area (Å²) in [4.78, 5) is 2.21. The van der Waals surface area contributed by atoms with Gasteiger partial charge in [0.1, 0.15) is 0 Å². The molecule has 0 atom stereocenters. The van der Waals surface area contributed by atoms with Crippen molar-refractivity contribution in [2.75, 3.05) is 44.5 Å². The van der Waals surface area contributed by atoms with Crippen molar-refractivity contribution in [3.63, 3.8) is 0 Å². The van der Waals surface area contributed by atoms with Crippen molar-refractivity contribution in [1.82, 2.24) is 4.31 Å². The first kappa shape index (κ1) is 19.0. The minimum absolute atomic E-state index is 0.156. The van der Waals surface area contributed by atoms with E-state index in [1.165, 1.54) is 4.31 Å². The fourth-order valence-corrected chi connectivity index (χ4v) is 4.78. The van der Waals surface area contributed by atoms with E-state index in [0.717, 1.165) is 11.1 Å². The summed E-state index contributed by atoms with van der Waals surface area (Å²) in [5.41, 5.74) is 0.953. The van der Waals surface area contributed by atoms with E-state index < -0.39 is 16.7 Å². The Morgan fingerprint density at radius 1 is 1.04 bits per heavy atom. The number of nitrogens with zero attached hydrogens (tertiary/aromatic N) is 2. The van der Waals surface area contributed by atoms with Gasteiger partial charge >= 0.3 is 0 Å². The van der Waals surface area contributed by atoms with E-state index in [1.807, 2.05) is 43.3 Å². The zero-order valence-corrected chi connectivity index (χ0v) is 15.7. The molecule has 4 nitrogen and oxygen atoms in total. The highest BCUT2D eigenvalue weighted by Crippen LogP contribution is 2.31. The Bertz CT molecular complexity index is 794. The molecule has 0 aliphatic rings. The molecule has 0 aliphatic heterocycles. The van der Waals surface area contributed by atoms with Crippen LogP contribution in [0.15, 0.2) is 41.3 Å². The Morgan fingerprint density at radius 3 is 2.33 bits per heavy atom. The van der Waals surface area contributed by atoms with E-state index >= 15 is 0 Å². The Balaban J connectivity index is 2.59. The van der Waals surface area contributed by atoms with Gasteiger partial charge < -0.3 is 4.90 Å². The van der Waals surface area contributed by atoms with Gasteiger partial charge in [0.05, 0.1) is 11.6 Å². The lowest BCUT2D eigenvalue weighted by Crippen LogP contribution is -2.34. The van der Waals surface area contributed by atoms with Gasteiger partial charge in [0, 0.05) is 49.4 Å². The fraction of sp³-hybridized carbons (Fsp3) is 0.412. The van der Waals surface area contributed by atoms with Gasteiger partial charge in [-0.1, -0.05) is 24.3 Å². The number of thiol groups is 1. The van der Waals surface area contributed by atoms with Crippen LogP contribution in [0.2, 0.25) is 0 Å². The predicted octanol–water partition coefficient (Wildman–Crippen LogP) is 3.19. The molecule has 7 heteroatoms. The first-order valence-electron chi connectivity index (χ1n) is 7.79. The molecule has 0 radical (unpaired) electrons. The molecule has 0 unspecified atom stereocenters. The second-order valence-corrected chi connectivity index (χ2v) is 8.05. The highest BCUT2D eigenvalue weighted by Gasteiger charge is 2.25. The summed E-state index contributed by atoms with van der Waals surface area (Å²) in [6.07, 6.45) is 0.181. The first-order valence-corrected chi connectivity index (χ1v) is 9.86. The maximum Gasteiger partial charge on any atom is 0.243 e. The van der Waals surface area contributed by atoms with Gasteiger partial charge in [-0.25, -0.2) is 8.42 Å². The Labute approximate surface area is 148 Å². The average Bonchev–Trinajstić information content (AvgIpc) is 2.57. The van der Waals surface area contributed by atoms with E-state index in [1.54, 1.807) is 12.1 Å². The molecule has 2 aromatic rings. The molecular weight excluding hydrogens is 347 g/mol. The third-order valence-electron chi connectivity index (χ3n) is 3.85. The molecule has 132 valence electrons. The van der Waals surface area contributed by atoms with Crippen LogP contribution in [0.1, 0.15) is 6.42 Å². The predicted molar refractivity (Wildman–Crippen MR) is 101 cm³/mol. The van der Waals surface area contributed by atoms with Crippen LogP contribution in [0, 0.1) is 0 Å². The molecule has 0 saturated carbocycles. The molecule has 2 aromatic carbocycles. The number of rotatable bonds is 8. The molecular formula is C17H23FN2O2S2. The van der Waals surface area contributed by atoms with Crippen LogP contribution in [0.3, 0.4) is 0 Å². The van der Waals surface area contributed by atoms with Crippen molar-refractivity contribution in [2.45, 2.75) is 11.3 Å². The Kier molecular flexibility index (Phi) is 6.48. The zero-order chi connectivity index (χ0) is 17.7. The van der Waals surface area contributed by atoms with Crippen LogP contribution in [0.4, 0.5) is 10.1 Å². The number of fused-ring (bicyclic) bond motifs is 1. The molecule has 24 heavy (non-hydrogen) atoms. The molecule has 0 saturated heterocycles. The summed E-state index contributed by atoms with van der Waals surface area (Å²) in [7, 11) is 0.137. The summed E-state index contributed by atoms with van der Waals surface area (Å²) in [6.45, 7) is -0.128. The van der Waals surface area contributed by atoms with Crippen molar-refractivity contribution >= 4 is 39.1 Å². The van der Waals surface area contributed by atoms with Gasteiger partial charge in [-0.05, 0) is 18.6 Å². The molecule has 0 amide bonds. The minimum Gasteiger partial charge on any atom is -0.377 e. The second kappa shape index (κ2) is 8.18. The van der Waals surface area contributed by atoms with Crippen LogP contribution in [-0.2, 0) is 10.0 Å². The SMILES string of the molecule is CN(C)c1cccc2c(S(=O)(=O)N(CCS)CCC[19F])cccc12. The molecule has 0 spiro atoms. The monoisotopic (exact) mass is 370 g/mol. The third-order valence-corrected chi connectivity index (χ3v) is 6.01. The van der Waals surface area contributed by atoms with Crippen molar-refractivity contribution in [1.29, 1.82) is 0 Å².